The molecule has 0 aliphatic heterocycles. The number of H-pyrrole nitrogens is 1. The fraction of sp³-hybridized carbons (Fsp3) is 0.333. The molecule has 2 aliphatic rings. The Bertz CT molecular complexity index is 997. The number of carbonyl (C=O) groups is 1. The van der Waals surface area contributed by atoms with Crippen molar-refractivity contribution in [3.05, 3.63) is 64.2 Å². The molecule has 2 N–H and O–H groups in total. The number of carbonyl (C=O) groups excluding carboxylic acids is 1. The number of aryl methyl sites for hydroxylation is 2. The normalized spacial score (nSPS) is 14.6. The van der Waals surface area contributed by atoms with E-state index in [9.17, 15) is 4.79 Å². The molecule has 7 heteroatoms. The molecule has 0 unspecified atom stereocenters. The summed E-state index contributed by atoms with van der Waals surface area (Å²) in [6.07, 6.45) is 10.2. The smallest absolute Gasteiger partial charge is 0.376 e. The average Bonchev–Trinajstić information content (AvgIpc) is 3.47. The van der Waals surface area contributed by atoms with E-state index in [-0.39, 0.29) is 12.4 Å². The van der Waals surface area contributed by atoms with Crippen LogP contribution in [0.2, 0.25) is 0 Å². The van der Waals surface area contributed by atoms with Crippen LogP contribution >= 0.6 is 0 Å². The lowest BCUT2D eigenvalue weighted by Crippen LogP contribution is -2.07. The van der Waals surface area contributed by atoms with Crippen molar-refractivity contribution in [1.82, 2.24) is 20.2 Å². The second kappa shape index (κ2) is 7.07. The largest absolute Gasteiger partial charge is 0.455 e. The molecule has 1 aromatic carbocycles. The van der Waals surface area contributed by atoms with Gasteiger partial charge < -0.3 is 15.0 Å². The fourth-order valence-electron chi connectivity index (χ4n) is 4.20. The maximum absolute atomic E-state index is 12.3. The molecular formula is C21H21N5O2. The van der Waals surface area contributed by atoms with Crippen LogP contribution in [-0.2, 0) is 37.0 Å². The SMILES string of the molecule is O=C(OCc1cccnc1)c1nnc(Nc2c3c(cc4c2CCC4)CCC3)[nH]1. The van der Waals surface area contributed by atoms with Gasteiger partial charge in [0.1, 0.15) is 6.61 Å². The molecule has 0 fully saturated rings. The van der Waals surface area contributed by atoms with Crippen LogP contribution in [0.15, 0.2) is 30.6 Å². The third-order valence-corrected chi connectivity index (χ3v) is 5.49. The molecule has 3 aromatic rings. The lowest BCUT2D eigenvalue weighted by Gasteiger charge is -2.15. The molecule has 7 nitrogen and oxygen atoms in total. The Morgan fingerprint density at radius 2 is 1.89 bits per heavy atom. The molecule has 2 aromatic heterocycles. The van der Waals surface area contributed by atoms with Gasteiger partial charge in [0.05, 0.1) is 0 Å². The van der Waals surface area contributed by atoms with Crippen LogP contribution in [0.25, 0.3) is 0 Å². The zero-order chi connectivity index (χ0) is 18.9. The Labute approximate surface area is 162 Å². The Kier molecular flexibility index (Phi) is 4.27. The first-order valence-corrected chi connectivity index (χ1v) is 9.70. The van der Waals surface area contributed by atoms with Gasteiger partial charge in [0.25, 0.3) is 0 Å². The highest BCUT2D eigenvalue weighted by Crippen LogP contribution is 2.39. The first-order valence-electron chi connectivity index (χ1n) is 9.70. The highest BCUT2D eigenvalue weighted by molar-refractivity contribution is 5.85. The maximum Gasteiger partial charge on any atom is 0.376 e. The van der Waals surface area contributed by atoms with Gasteiger partial charge in [-0.15, -0.1) is 10.2 Å². The van der Waals surface area contributed by atoms with Crippen LogP contribution in [0.1, 0.15) is 51.3 Å². The number of fused-ring (bicyclic) bond motifs is 2. The number of nitrogens with one attached hydrogen (secondary N) is 2. The maximum atomic E-state index is 12.3. The van der Waals surface area contributed by atoms with Crippen molar-refractivity contribution in [3.8, 4) is 0 Å². The molecule has 2 heterocycles. The van der Waals surface area contributed by atoms with E-state index in [0.717, 1.165) is 36.9 Å². The molecule has 0 radical (unpaired) electrons. The summed E-state index contributed by atoms with van der Waals surface area (Å²) in [4.78, 5) is 19.2. The van der Waals surface area contributed by atoms with Crippen LogP contribution in [0.4, 0.5) is 11.6 Å². The molecule has 0 bridgehead atoms. The van der Waals surface area contributed by atoms with E-state index < -0.39 is 5.97 Å². The zero-order valence-electron chi connectivity index (χ0n) is 15.5. The molecule has 0 atom stereocenters. The zero-order valence-corrected chi connectivity index (χ0v) is 15.5. The molecule has 2 aliphatic carbocycles. The lowest BCUT2D eigenvalue weighted by molar-refractivity contribution is 0.0458. The topological polar surface area (TPSA) is 92.8 Å². The van der Waals surface area contributed by atoms with Crippen molar-refractivity contribution in [2.75, 3.05) is 5.32 Å². The number of benzene rings is 1. The summed E-state index contributed by atoms with van der Waals surface area (Å²) in [6.45, 7) is 0.149. The predicted molar refractivity (Wildman–Crippen MR) is 104 cm³/mol. The van der Waals surface area contributed by atoms with Crippen LogP contribution in [0, 0.1) is 0 Å². The van der Waals surface area contributed by atoms with Crippen LogP contribution in [-0.4, -0.2) is 26.1 Å². The van der Waals surface area contributed by atoms with Gasteiger partial charge in [-0.05, 0) is 66.8 Å². The number of hydrogen-bond acceptors (Lipinski definition) is 6. The quantitative estimate of drug-likeness (QED) is 0.665. The van der Waals surface area contributed by atoms with E-state index in [0.29, 0.717) is 5.95 Å². The molecule has 0 spiro atoms. The minimum absolute atomic E-state index is 0.0932. The van der Waals surface area contributed by atoms with E-state index in [1.165, 1.54) is 35.1 Å². The Hall–Kier alpha value is -3.22. The lowest BCUT2D eigenvalue weighted by atomic mass is 9.99. The number of ether oxygens (including phenoxy) is 1. The molecule has 0 saturated heterocycles. The average molecular weight is 375 g/mol. The number of aromatic amines is 1. The van der Waals surface area contributed by atoms with Crippen molar-refractivity contribution in [2.24, 2.45) is 0 Å². The summed E-state index contributed by atoms with van der Waals surface area (Å²) < 4.78 is 5.29. The second-order valence-electron chi connectivity index (χ2n) is 7.32. The van der Waals surface area contributed by atoms with Crippen molar-refractivity contribution < 1.29 is 9.53 Å². The summed E-state index contributed by atoms with van der Waals surface area (Å²) in [5, 5.41) is 11.5. The van der Waals surface area contributed by atoms with Crippen LogP contribution in [0.3, 0.4) is 0 Å². The molecule has 142 valence electrons. The van der Waals surface area contributed by atoms with Gasteiger partial charge in [0.15, 0.2) is 0 Å². The number of pyridine rings is 1. The number of esters is 1. The first-order chi connectivity index (χ1) is 13.8. The van der Waals surface area contributed by atoms with Gasteiger partial charge in [0.2, 0.25) is 11.8 Å². The van der Waals surface area contributed by atoms with Crippen molar-refractivity contribution in [2.45, 2.75) is 45.1 Å². The van der Waals surface area contributed by atoms with E-state index >= 15 is 0 Å². The van der Waals surface area contributed by atoms with Crippen LogP contribution in [0.5, 0.6) is 0 Å². The molecule has 5 rings (SSSR count). The Morgan fingerprint density at radius 1 is 1.11 bits per heavy atom. The van der Waals surface area contributed by atoms with Crippen molar-refractivity contribution >= 4 is 17.6 Å². The molecular weight excluding hydrogens is 354 g/mol. The highest BCUT2D eigenvalue weighted by Gasteiger charge is 2.25. The Balaban J connectivity index is 1.33. The summed E-state index contributed by atoms with van der Waals surface area (Å²) in [5.74, 6) is 0.0336. The number of hydrogen-bond donors (Lipinski definition) is 2. The standard InChI is InChI=1S/C21H21N5O2/c27-20(28-12-13-4-3-9-22-11-13)19-24-21(26-25-19)23-18-16-7-1-5-14(16)10-15-6-2-8-17(15)18/h3-4,9-11H,1-2,5-8,12H2,(H2,23,24,25,26). The highest BCUT2D eigenvalue weighted by atomic mass is 16.5. The van der Waals surface area contributed by atoms with E-state index in [1.807, 2.05) is 6.07 Å². The summed E-state index contributed by atoms with van der Waals surface area (Å²) >= 11 is 0. The molecule has 0 amide bonds. The third kappa shape index (κ3) is 3.13. The van der Waals surface area contributed by atoms with Gasteiger partial charge in [-0.3, -0.25) is 4.98 Å². The second-order valence-corrected chi connectivity index (χ2v) is 7.32. The number of anilines is 2. The van der Waals surface area contributed by atoms with E-state index in [1.54, 1.807) is 18.5 Å². The minimum atomic E-state index is -0.534. The summed E-state index contributed by atoms with van der Waals surface area (Å²) in [7, 11) is 0. The predicted octanol–water partition coefficient (Wildman–Crippen LogP) is 3.28. The van der Waals surface area contributed by atoms with Gasteiger partial charge in [0, 0.05) is 23.6 Å². The van der Waals surface area contributed by atoms with Gasteiger partial charge in [-0.1, -0.05) is 12.1 Å². The van der Waals surface area contributed by atoms with Crippen molar-refractivity contribution in [1.29, 1.82) is 0 Å². The number of nitrogens with zero attached hydrogens (tertiary/aromatic N) is 3. The van der Waals surface area contributed by atoms with Crippen LogP contribution < -0.4 is 5.32 Å². The van der Waals surface area contributed by atoms with Gasteiger partial charge in [-0.25, -0.2) is 4.79 Å². The minimum Gasteiger partial charge on any atom is -0.455 e. The van der Waals surface area contributed by atoms with E-state index in [4.69, 9.17) is 4.74 Å². The monoisotopic (exact) mass is 375 g/mol. The number of aromatic nitrogens is 4. The summed E-state index contributed by atoms with van der Waals surface area (Å²) in [5.41, 5.74) is 7.64. The van der Waals surface area contributed by atoms with Gasteiger partial charge in [-0.2, -0.15) is 0 Å². The van der Waals surface area contributed by atoms with Crippen molar-refractivity contribution in [3.63, 3.8) is 0 Å². The van der Waals surface area contributed by atoms with E-state index in [2.05, 4.69) is 31.5 Å². The molecule has 28 heavy (non-hydrogen) atoms. The number of rotatable bonds is 5. The fourth-order valence-corrected chi connectivity index (χ4v) is 4.20. The Morgan fingerprint density at radius 3 is 2.61 bits per heavy atom. The van der Waals surface area contributed by atoms with Gasteiger partial charge >= 0.3 is 5.97 Å². The third-order valence-electron chi connectivity index (χ3n) is 5.49. The molecule has 0 saturated carbocycles. The summed E-state index contributed by atoms with van der Waals surface area (Å²) in [6, 6.07) is 6.04. The first kappa shape index (κ1) is 16.9.